The third-order valence-corrected chi connectivity index (χ3v) is 2.15. The second-order valence-electron chi connectivity index (χ2n) is 3.04. The summed E-state index contributed by atoms with van der Waals surface area (Å²) in [6.45, 7) is 4.39. The van der Waals surface area contributed by atoms with Crippen molar-refractivity contribution in [1.82, 2.24) is 5.48 Å². The van der Waals surface area contributed by atoms with Crippen molar-refractivity contribution in [2.75, 3.05) is 7.11 Å². The Hall–Kier alpha value is -1.06. The van der Waals surface area contributed by atoms with Gasteiger partial charge in [0.05, 0.1) is 7.11 Å². The van der Waals surface area contributed by atoms with Crippen LogP contribution in [0, 0.1) is 13.8 Å². The van der Waals surface area contributed by atoms with E-state index < -0.39 is 0 Å². The highest BCUT2D eigenvalue weighted by atomic mass is 16.6. The van der Waals surface area contributed by atoms with E-state index in [-0.39, 0.29) is 0 Å². The maximum absolute atomic E-state index is 9.62. The first-order valence-corrected chi connectivity index (χ1v) is 4.20. The third kappa shape index (κ3) is 2.20. The molecule has 1 rings (SSSR count). The number of benzene rings is 1. The fourth-order valence-electron chi connectivity index (χ4n) is 1.22. The fourth-order valence-corrected chi connectivity index (χ4v) is 1.22. The normalized spacial score (nSPS) is 10.4. The van der Waals surface area contributed by atoms with E-state index >= 15 is 0 Å². The van der Waals surface area contributed by atoms with Crippen LogP contribution >= 0.6 is 0 Å². The van der Waals surface area contributed by atoms with Gasteiger partial charge in [-0.25, -0.2) is 0 Å². The molecule has 0 aromatic heterocycles. The molecule has 0 atom stereocenters. The number of rotatable bonds is 3. The predicted molar refractivity (Wildman–Crippen MR) is 51.4 cm³/mol. The molecule has 2 N–H and O–H groups in total. The molecule has 13 heavy (non-hydrogen) atoms. The average molecular weight is 181 g/mol. The van der Waals surface area contributed by atoms with Crippen LogP contribution in [0.2, 0.25) is 0 Å². The molecule has 0 unspecified atom stereocenters. The fraction of sp³-hybridized carbons (Fsp3) is 0.400. The van der Waals surface area contributed by atoms with Crippen molar-refractivity contribution in [3.05, 3.63) is 28.8 Å². The van der Waals surface area contributed by atoms with Gasteiger partial charge in [0.2, 0.25) is 0 Å². The second kappa shape index (κ2) is 4.25. The van der Waals surface area contributed by atoms with Gasteiger partial charge in [-0.3, -0.25) is 0 Å². The first-order valence-electron chi connectivity index (χ1n) is 4.20. The Kier molecular flexibility index (Phi) is 3.28. The molecule has 0 bridgehead atoms. The highest BCUT2D eigenvalue weighted by Gasteiger charge is 2.04. The Balaban J connectivity index is 2.90. The number of phenolic OH excluding ortho intramolecular Hbond substituents is 1. The molecule has 72 valence electrons. The quantitative estimate of drug-likeness (QED) is 0.697. The number of hydrogen-bond donors (Lipinski definition) is 2. The van der Waals surface area contributed by atoms with E-state index in [4.69, 9.17) is 4.84 Å². The molecular weight excluding hydrogens is 166 g/mol. The Morgan fingerprint density at radius 3 is 2.69 bits per heavy atom. The van der Waals surface area contributed by atoms with Crippen molar-refractivity contribution in [2.24, 2.45) is 0 Å². The molecule has 0 saturated carbocycles. The summed E-state index contributed by atoms with van der Waals surface area (Å²) in [6.07, 6.45) is 0. The van der Waals surface area contributed by atoms with E-state index in [0.29, 0.717) is 12.3 Å². The zero-order valence-electron chi connectivity index (χ0n) is 8.22. The van der Waals surface area contributed by atoms with E-state index in [1.54, 1.807) is 7.11 Å². The summed E-state index contributed by atoms with van der Waals surface area (Å²) in [5.74, 6) is 0.371. The SMILES string of the molecule is CONCc1ccc(C)c(O)c1C. The minimum atomic E-state index is 0.371. The van der Waals surface area contributed by atoms with Gasteiger partial charge >= 0.3 is 0 Å². The molecule has 0 saturated heterocycles. The number of hydroxylamine groups is 1. The summed E-state index contributed by atoms with van der Waals surface area (Å²) in [7, 11) is 1.57. The van der Waals surface area contributed by atoms with Crippen LogP contribution < -0.4 is 5.48 Å². The number of hydrogen-bond acceptors (Lipinski definition) is 3. The van der Waals surface area contributed by atoms with Crippen LogP contribution in [0.1, 0.15) is 16.7 Å². The number of aromatic hydroxyl groups is 1. The molecule has 0 aliphatic rings. The maximum Gasteiger partial charge on any atom is 0.121 e. The van der Waals surface area contributed by atoms with Crippen LogP contribution in [-0.4, -0.2) is 12.2 Å². The predicted octanol–water partition coefficient (Wildman–Crippen LogP) is 1.66. The maximum atomic E-state index is 9.62. The van der Waals surface area contributed by atoms with Gasteiger partial charge < -0.3 is 9.94 Å². The third-order valence-electron chi connectivity index (χ3n) is 2.15. The molecule has 3 nitrogen and oxygen atoms in total. The zero-order chi connectivity index (χ0) is 9.84. The average Bonchev–Trinajstić information content (AvgIpc) is 2.13. The van der Waals surface area contributed by atoms with Crippen LogP contribution in [0.4, 0.5) is 0 Å². The number of nitrogens with one attached hydrogen (secondary N) is 1. The first kappa shape index (κ1) is 10.0. The van der Waals surface area contributed by atoms with Gasteiger partial charge in [-0.2, -0.15) is 5.48 Å². The minimum Gasteiger partial charge on any atom is -0.507 e. The Morgan fingerprint density at radius 2 is 2.08 bits per heavy atom. The van der Waals surface area contributed by atoms with Gasteiger partial charge in [0.15, 0.2) is 0 Å². The largest absolute Gasteiger partial charge is 0.507 e. The molecule has 3 heteroatoms. The van der Waals surface area contributed by atoms with E-state index in [9.17, 15) is 5.11 Å². The van der Waals surface area contributed by atoms with Gasteiger partial charge in [0.25, 0.3) is 0 Å². The molecule has 0 heterocycles. The zero-order valence-corrected chi connectivity index (χ0v) is 8.22. The molecule has 0 radical (unpaired) electrons. The summed E-state index contributed by atoms with van der Waals surface area (Å²) in [5.41, 5.74) is 5.60. The topological polar surface area (TPSA) is 41.5 Å². The summed E-state index contributed by atoms with van der Waals surface area (Å²) in [5, 5.41) is 9.62. The molecule has 0 spiro atoms. The monoisotopic (exact) mass is 181 g/mol. The molecule has 0 amide bonds. The summed E-state index contributed by atoms with van der Waals surface area (Å²) in [4.78, 5) is 4.74. The van der Waals surface area contributed by atoms with E-state index in [1.165, 1.54) is 0 Å². The lowest BCUT2D eigenvalue weighted by atomic mass is 10.0. The molecule has 1 aromatic rings. The first-order chi connectivity index (χ1) is 6.16. The van der Waals surface area contributed by atoms with Crippen LogP contribution in [0.25, 0.3) is 0 Å². The summed E-state index contributed by atoms with van der Waals surface area (Å²) in [6, 6.07) is 3.88. The van der Waals surface area contributed by atoms with Gasteiger partial charge in [0, 0.05) is 6.54 Å². The smallest absolute Gasteiger partial charge is 0.121 e. The Bertz CT molecular complexity index is 297. The number of aryl methyl sites for hydroxylation is 1. The van der Waals surface area contributed by atoms with Gasteiger partial charge in [0.1, 0.15) is 5.75 Å². The Labute approximate surface area is 78.3 Å². The lowest BCUT2D eigenvalue weighted by Gasteiger charge is -2.09. The van der Waals surface area contributed by atoms with Crippen LogP contribution in [-0.2, 0) is 11.4 Å². The highest BCUT2D eigenvalue weighted by Crippen LogP contribution is 2.24. The molecule has 0 fully saturated rings. The van der Waals surface area contributed by atoms with Gasteiger partial charge in [-0.15, -0.1) is 0 Å². The molecule has 0 aliphatic heterocycles. The minimum absolute atomic E-state index is 0.371. The molecule has 1 aromatic carbocycles. The number of phenols is 1. The van der Waals surface area contributed by atoms with Gasteiger partial charge in [-0.1, -0.05) is 12.1 Å². The van der Waals surface area contributed by atoms with Crippen LogP contribution in [0.15, 0.2) is 12.1 Å². The standard InChI is InChI=1S/C10H15NO2/c1-7-4-5-9(6-11-13-3)8(2)10(7)12/h4-5,11-12H,6H2,1-3H3. The molecule has 0 aliphatic carbocycles. The van der Waals surface area contributed by atoms with Crippen molar-refractivity contribution in [2.45, 2.75) is 20.4 Å². The second-order valence-corrected chi connectivity index (χ2v) is 3.04. The van der Waals surface area contributed by atoms with Crippen LogP contribution in [0.3, 0.4) is 0 Å². The van der Waals surface area contributed by atoms with Crippen molar-refractivity contribution in [1.29, 1.82) is 0 Å². The van der Waals surface area contributed by atoms with E-state index in [0.717, 1.165) is 16.7 Å². The van der Waals surface area contributed by atoms with Gasteiger partial charge in [-0.05, 0) is 30.5 Å². The van der Waals surface area contributed by atoms with Crippen molar-refractivity contribution in [3.8, 4) is 5.75 Å². The highest BCUT2D eigenvalue weighted by molar-refractivity contribution is 5.43. The van der Waals surface area contributed by atoms with Crippen molar-refractivity contribution >= 4 is 0 Å². The van der Waals surface area contributed by atoms with Crippen molar-refractivity contribution in [3.63, 3.8) is 0 Å². The Morgan fingerprint density at radius 1 is 1.38 bits per heavy atom. The van der Waals surface area contributed by atoms with Crippen LogP contribution in [0.5, 0.6) is 5.75 Å². The lowest BCUT2D eigenvalue weighted by molar-refractivity contribution is 0.0865. The summed E-state index contributed by atoms with van der Waals surface area (Å²) < 4.78 is 0. The summed E-state index contributed by atoms with van der Waals surface area (Å²) >= 11 is 0. The lowest BCUT2D eigenvalue weighted by Crippen LogP contribution is -2.11. The van der Waals surface area contributed by atoms with Crippen molar-refractivity contribution < 1.29 is 9.94 Å². The van der Waals surface area contributed by atoms with E-state index in [1.807, 2.05) is 26.0 Å². The molecular formula is C10H15NO2. The van der Waals surface area contributed by atoms with E-state index in [2.05, 4.69) is 5.48 Å².